The van der Waals surface area contributed by atoms with Gasteiger partial charge in [-0.15, -0.1) is 0 Å². The lowest BCUT2D eigenvalue weighted by Crippen LogP contribution is -2.28. The van der Waals surface area contributed by atoms with Crippen molar-refractivity contribution in [3.8, 4) is 16.8 Å². The zero-order chi connectivity index (χ0) is 29.5. The van der Waals surface area contributed by atoms with Crippen molar-refractivity contribution in [1.82, 2.24) is 4.57 Å². The van der Waals surface area contributed by atoms with E-state index in [1.54, 1.807) is 0 Å². The van der Waals surface area contributed by atoms with E-state index >= 15 is 0 Å². The van der Waals surface area contributed by atoms with Crippen molar-refractivity contribution in [3.63, 3.8) is 0 Å². The normalized spacial score (nSPS) is 17.1. The van der Waals surface area contributed by atoms with E-state index in [2.05, 4.69) is 161 Å². The van der Waals surface area contributed by atoms with Crippen LogP contribution >= 0.6 is 0 Å². The Bertz CT molecular complexity index is 2460. The highest BCUT2D eigenvalue weighted by molar-refractivity contribution is 6.13. The van der Waals surface area contributed by atoms with Crippen molar-refractivity contribution in [2.24, 2.45) is 0 Å². The lowest BCUT2D eigenvalue weighted by Gasteiger charge is -2.28. The summed E-state index contributed by atoms with van der Waals surface area (Å²) in [4.78, 5) is 2.49. The molecule has 2 atom stereocenters. The van der Waals surface area contributed by atoms with E-state index in [0.717, 1.165) is 27.6 Å². The van der Waals surface area contributed by atoms with Crippen molar-refractivity contribution >= 4 is 55.1 Å². The molecule has 0 saturated carbocycles. The summed E-state index contributed by atoms with van der Waals surface area (Å²) in [6.45, 7) is 0. The molecule has 3 heterocycles. The number of nitrogens with zero attached hydrogens (tertiary/aromatic N) is 2. The Morgan fingerprint density at radius 1 is 0.511 bits per heavy atom. The number of hydrogen-bond donors (Lipinski definition) is 0. The maximum atomic E-state index is 6.66. The minimum absolute atomic E-state index is 0.260. The third-order valence-electron chi connectivity index (χ3n) is 9.70. The van der Waals surface area contributed by atoms with E-state index in [-0.39, 0.29) is 6.04 Å². The molecule has 0 radical (unpaired) electrons. The van der Waals surface area contributed by atoms with E-state index in [9.17, 15) is 0 Å². The molecule has 6 aromatic carbocycles. The van der Waals surface area contributed by atoms with E-state index in [1.807, 2.05) is 6.07 Å². The number of anilines is 2. The zero-order valence-corrected chi connectivity index (χ0v) is 24.5. The van der Waals surface area contributed by atoms with Crippen LogP contribution in [0, 0.1) is 0 Å². The highest BCUT2D eigenvalue weighted by Crippen LogP contribution is 2.49. The molecule has 8 aromatic rings. The van der Waals surface area contributed by atoms with E-state index in [0.29, 0.717) is 5.92 Å². The van der Waals surface area contributed by atoms with Crippen molar-refractivity contribution < 1.29 is 4.42 Å². The van der Waals surface area contributed by atoms with Crippen LogP contribution in [0.5, 0.6) is 0 Å². The quantitative estimate of drug-likeness (QED) is 0.209. The minimum Gasteiger partial charge on any atom is -0.454 e. The first-order chi connectivity index (χ1) is 22.3. The second-order valence-electron chi connectivity index (χ2n) is 12.1. The summed E-state index contributed by atoms with van der Waals surface area (Å²) in [6, 6.07) is 48.4. The topological polar surface area (TPSA) is 21.3 Å². The van der Waals surface area contributed by atoms with Gasteiger partial charge in [-0.05, 0) is 71.3 Å². The first-order valence-electron chi connectivity index (χ1n) is 15.6. The summed E-state index contributed by atoms with van der Waals surface area (Å²) in [5.74, 6) is 0.292. The Labute approximate surface area is 260 Å². The fourth-order valence-electron chi connectivity index (χ4n) is 7.73. The number of fused-ring (bicyclic) bond motifs is 9. The average molecular weight is 577 g/mol. The molecule has 45 heavy (non-hydrogen) atoms. The monoisotopic (exact) mass is 576 g/mol. The number of rotatable bonds is 3. The molecule has 2 aromatic heterocycles. The van der Waals surface area contributed by atoms with Gasteiger partial charge in [0, 0.05) is 38.8 Å². The lowest BCUT2D eigenvalue weighted by molar-refractivity contribution is 0.666. The predicted molar refractivity (Wildman–Crippen MR) is 187 cm³/mol. The number of allylic oxidation sites excluding steroid dienone is 2. The molecule has 0 N–H and O–H groups in total. The first kappa shape index (κ1) is 24.6. The molecule has 10 rings (SSSR count). The van der Waals surface area contributed by atoms with Gasteiger partial charge in [0.15, 0.2) is 5.58 Å². The summed E-state index contributed by atoms with van der Waals surface area (Å²) in [6.07, 6.45) is 9.06. The molecule has 1 aliphatic carbocycles. The van der Waals surface area contributed by atoms with Gasteiger partial charge in [0.05, 0.1) is 22.8 Å². The van der Waals surface area contributed by atoms with Crippen LogP contribution in [0.3, 0.4) is 0 Å². The molecule has 2 aliphatic rings. The summed E-state index contributed by atoms with van der Waals surface area (Å²) in [7, 11) is 0. The maximum absolute atomic E-state index is 6.66. The maximum Gasteiger partial charge on any atom is 0.159 e. The van der Waals surface area contributed by atoms with Crippen molar-refractivity contribution in [2.45, 2.75) is 12.0 Å². The second-order valence-corrected chi connectivity index (χ2v) is 12.1. The molecule has 2 unspecified atom stereocenters. The smallest absolute Gasteiger partial charge is 0.159 e. The summed E-state index contributed by atoms with van der Waals surface area (Å²) in [5.41, 5.74) is 11.5. The average Bonchev–Trinajstić information content (AvgIpc) is 3.76. The van der Waals surface area contributed by atoms with Crippen LogP contribution in [-0.2, 0) is 0 Å². The van der Waals surface area contributed by atoms with Gasteiger partial charge in [0.2, 0.25) is 0 Å². The van der Waals surface area contributed by atoms with Gasteiger partial charge in [0.25, 0.3) is 0 Å². The van der Waals surface area contributed by atoms with E-state index in [1.165, 1.54) is 49.9 Å². The van der Waals surface area contributed by atoms with Gasteiger partial charge >= 0.3 is 0 Å². The van der Waals surface area contributed by atoms with Crippen LogP contribution in [0.4, 0.5) is 11.4 Å². The molecule has 0 amide bonds. The highest BCUT2D eigenvalue weighted by Gasteiger charge is 2.37. The predicted octanol–water partition coefficient (Wildman–Crippen LogP) is 11.1. The Balaban J connectivity index is 1.24. The van der Waals surface area contributed by atoms with Gasteiger partial charge in [-0.25, -0.2) is 0 Å². The second kappa shape index (κ2) is 9.35. The molecule has 0 bridgehead atoms. The van der Waals surface area contributed by atoms with Gasteiger partial charge in [-0.3, -0.25) is 0 Å². The number of benzene rings is 6. The molecular weight excluding hydrogens is 548 g/mol. The van der Waals surface area contributed by atoms with Crippen molar-refractivity contribution in [2.75, 3.05) is 4.90 Å². The molecule has 212 valence electrons. The Hall–Kier alpha value is -5.80. The molecule has 3 nitrogen and oxygen atoms in total. The Kier molecular flexibility index (Phi) is 5.11. The Morgan fingerprint density at radius 3 is 2.00 bits per heavy atom. The molecule has 0 saturated heterocycles. The zero-order valence-electron chi connectivity index (χ0n) is 24.5. The van der Waals surface area contributed by atoms with Gasteiger partial charge in [-0.1, -0.05) is 103 Å². The fourth-order valence-corrected chi connectivity index (χ4v) is 7.73. The van der Waals surface area contributed by atoms with Gasteiger partial charge in [-0.2, -0.15) is 0 Å². The largest absolute Gasteiger partial charge is 0.454 e. The lowest BCUT2D eigenvalue weighted by atomic mass is 9.89. The first-order valence-corrected chi connectivity index (χ1v) is 15.6. The number of furan rings is 1. The number of aromatic nitrogens is 1. The number of hydrogen-bond acceptors (Lipinski definition) is 2. The standard InChI is InChI=1S/C42H28N2O/c1-2-12-29(13-3-1)43-36-18-8-6-16-32(36)34-24-27(22-23-39(34)43)28-25-35-33-17-7-11-21-41(33)45-42(35)40(26-28)44-37-19-9-4-14-30(37)31-15-5-10-20-38(31)44/h1-26,32,36H. The minimum atomic E-state index is 0.260. The Morgan fingerprint density at radius 2 is 1.20 bits per heavy atom. The highest BCUT2D eigenvalue weighted by atomic mass is 16.3. The molecule has 0 fully saturated rings. The summed E-state index contributed by atoms with van der Waals surface area (Å²) in [5, 5.41) is 4.74. The van der Waals surface area contributed by atoms with E-state index < -0.39 is 0 Å². The molecular formula is C42H28N2O. The van der Waals surface area contributed by atoms with E-state index in [4.69, 9.17) is 4.42 Å². The summed E-state index contributed by atoms with van der Waals surface area (Å²) >= 11 is 0. The van der Waals surface area contributed by atoms with Crippen LogP contribution < -0.4 is 4.90 Å². The fraction of sp³-hybridized carbons (Fsp3) is 0.0476. The molecule has 0 spiro atoms. The van der Waals surface area contributed by atoms with Gasteiger partial charge < -0.3 is 13.9 Å². The van der Waals surface area contributed by atoms with Crippen LogP contribution in [0.15, 0.2) is 162 Å². The van der Waals surface area contributed by atoms with Crippen LogP contribution in [0.2, 0.25) is 0 Å². The summed E-state index contributed by atoms with van der Waals surface area (Å²) < 4.78 is 9.04. The SMILES string of the molecule is C1=CC2c3cc(-c4cc(-n5c6ccccc6c6ccccc65)c5oc6ccccc6c5c4)ccc3N(c3ccccc3)C2C=C1. The van der Waals surface area contributed by atoms with Crippen LogP contribution in [0.25, 0.3) is 60.6 Å². The molecule has 3 heteroatoms. The number of para-hydroxylation sites is 4. The van der Waals surface area contributed by atoms with Crippen LogP contribution in [0.1, 0.15) is 11.5 Å². The molecule has 1 aliphatic heterocycles. The third-order valence-corrected chi connectivity index (χ3v) is 9.70. The van der Waals surface area contributed by atoms with Crippen molar-refractivity contribution in [1.29, 1.82) is 0 Å². The van der Waals surface area contributed by atoms with Crippen molar-refractivity contribution in [3.05, 3.63) is 163 Å². The van der Waals surface area contributed by atoms with Crippen LogP contribution in [-0.4, -0.2) is 10.6 Å². The van der Waals surface area contributed by atoms with Gasteiger partial charge in [0.1, 0.15) is 5.58 Å². The third kappa shape index (κ3) is 3.52.